The zero-order valence-electron chi connectivity index (χ0n) is 24.8. The van der Waals surface area contributed by atoms with Crippen LogP contribution in [0.3, 0.4) is 0 Å². The molecule has 3 rings (SSSR count). The minimum Gasteiger partial charge on any atom is -0.497 e. The van der Waals surface area contributed by atoms with Crippen LogP contribution in [-0.4, -0.2) is 50.4 Å². The predicted octanol–water partition coefficient (Wildman–Crippen LogP) is 5.18. The molecular formula is C32H41N3O5S. The lowest BCUT2D eigenvalue weighted by molar-refractivity contribution is -0.141. The average Bonchev–Trinajstić information content (AvgIpc) is 2.95. The number of hydrogen-bond acceptors (Lipinski definition) is 5. The van der Waals surface area contributed by atoms with Crippen LogP contribution < -0.4 is 14.4 Å². The number of ether oxygens (including phenoxy) is 1. The summed E-state index contributed by atoms with van der Waals surface area (Å²) in [6.45, 7) is 9.03. The van der Waals surface area contributed by atoms with Crippen molar-refractivity contribution in [1.29, 1.82) is 0 Å². The Morgan fingerprint density at radius 2 is 1.59 bits per heavy atom. The van der Waals surface area contributed by atoms with Crippen molar-refractivity contribution in [2.45, 2.75) is 70.5 Å². The van der Waals surface area contributed by atoms with E-state index in [2.05, 4.69) is 5.32 Å². The van der Waals surface area contributed by atoms with E-state index in [1.807, 2.05) is 58.9 Å². The Morgan fingerprint density at radius 1 is 0.927 bits per heavy atom. The smallest absolute Gasteiger partial charge is 0.264 e. The van der Waals surface area contributed by atoms with E-state index in [1.165, 1.54) is 17.0 Å². The molecule has 3 aromatic rings. The summed E-state index contributed by atoms with van der Waals surface area (Å²) in [6, 6.07) is 21.7. The Kier molecular flexibility index (Phi) is 10.6. The average molecular weight is 580 g/mol. The van der Waals surface area contributed by atoms with Crippen LogP contribution in [0.1, 0.15) is 52.2 Å². The maximum Gasteiger partial charge on any atom is 0.264 e. The highest BCUT2D eigenvalue weighted by Crippen LogP contribution is 2.28. The number of hydrogen-bond donors (Lipinski definition) is 1. The van der Waals surface area contributed by atoms with Gasteiger partial charge in [0.1, 0.15) is 18.3 Å². The van der Waals surface area contributed by atoms with E-state index in [1.54, 1.807) is 49.6 Å². The fourth-order valence-corrected chi connectivity index (χ4v) is 6.10. The minimum atomic E-state index is -4.12. The van der Waals surface area contributed by atoms with E-state index < -0.39 is 34.1 Å². The predicted molar refractivity (Wildman–Crippen MR) is 162 cm³/mol. The SMILES string of the molecule is CCc1ccccc1N(CC(=O)N(Cc1cccc(OC)c1)C(CC)C(=O)NC(C)(C)C)S(=O)(=O)c1ccccc1. The number of rotatable bonds is 12. The van der Waals surface area contributed by atoms with Gasteiger partial charge in [0.2, 0.25) is 11.8 Å². The van der Waals surface area contributed by atoms with Crippen LogP contribution >= 0.6 is 0 Å². The number of sulfonamides is 1. The summed E-state index contributed by atoms with van der Waals surface area (Å²) in [7, 11) is -2.55. The van der Waals surface area contributed by atoms with E-state index in [-0.39, 0.29) is 17.3 Å². The van der Waals surface area contributed by atoms with Gasteiger partial charge in [0.05, 0.1) is 17.7 Å². The van der Waals surface area contributed by atoms with Gasteiger partial charge in [-0.15, -0.1) is 0 Å². The molecule has 8 nitrogen and oxygen atoms in total. The number of methoxy groups -OCH3 is 1. The second-order valence-electron chi connectivity index (χ2n) is 10.8. The van der Waals surface area contributed by atoms with Gasteiger partial charge in [-0.1, -0.05) is 62.4 Å². The van der Waals surface area contributed by atoms with E-state index in [4.69, 9.17) is 4.74 Å². The monoisotopic (exact) mass is 579 g/mol. The van der Waals surface area contributed by atoms with Crippen molar-refractivity contribution >= 4 is 27.5 Å². The molecular weight excluding hydrogens is 538 g/mol. The van der Waals surface area contributed by atoms with Crippen LogP contribution in [0.15, 0.2) is 83.8 Å². The first-order valence-electron chi connectivity index (χ1n) is 13.8. The van der Waals surface area contributed by atoms with Gasteiger partial charge in [0, 0.05) is 12.1 Å². The number of nitrogens with one attached hydrogen (secondary N) is 1. The standard InChI is InChI=1S/C32H41N3O5S/c1-7-25-16-12-13-20-29(25)35(41(38,39)27-18-10-9-11-19-27)23-30(36)34(22-24-15-14-17-26(21-24)40-6)28(8-2)31(37)33-32(3,4)5/h9-21,28H,7-8,22-23H2,1-6H3,(H,33,37). The molecule has 0 spiro atoms. The second kappa shape index (κ2) is 13.7. The van der Waals surface area contributed by atoms with E-state index in [9.17, 15) is 18.0 Å². The van der Waals surface area contributed by atoms with Crippen LogP contribution in [-0.2, 0) is 32.6 Å². The molecule has 0 fully saturated rings. The van der Waals surface area contributed by atoms with E-state index in [0.717, 1.165) is 15.4 Å². The first-order valence-corrected chi connectivity index (χ1v) is 15.2. The first kappa shape index (κ1) is 31.7. The van der Waals surface area contributed by atoms with Gasteiger partial charge in [-0.25, -0.2) is 8.42 Å². The molecule has 3 aromatic carbocycles. The number of carbonyl (C=O) groups is 2. The Bertz CT molecular complexity index is 1430. The van der Waals surface area contributed by atoms with Crippen LogP contribution in [0.5, 0.6) is 5.75 Å². The first-order chi connectivity index (χ1) is 19.4. The molecule has 0 heterocycles. The van der Waals surface area contributed by atoms with Crippen molar-refractivity contribution < 1.29 is 22.7 Å². The molecule has 1 unspecified atom stereocenters. The Labute approximate surface area is 244 Å². The lowest BCUT2D eigenvalue weighted by Crippen LogP contribution is -2.55. The highest BCUT2D eigenvalue weighted by atomic mass is 32.2. The van der Waals surface area contributed by atoms with Crippen LogP contribution in [0.4, 0.5) is 5.69 Å². The third-order valence-corrected chi connectivity index (χ3v) is 8.40. The molecule has 0 bridgehead atoms. The molecule has 0 saturated carbocycles. The quantitative estimate of drug-likeness (QED) is 0.319. The Balaban J connectivity index is 2.11. The van der Waals surface area contributed by atoms with Gasteiger partial charge in [-0.3, -0.25) is 13.9 Å². The summed E-state index contributed by atoms with van der Waals surface area (Å²) in [6.07, 6.45) is 0.916. The fourth-order valence-electron chi connectivity index (χ4n) is 4.63. The lowest BCUT2D eigenvalue weighted by Gasteiger charge is -2.35. The van der Waals surface area contributed by atoms with Gasteiger partial charge < -0.3 is 15.0 Å². The highest BCUT2D eigenvalue weighted by Gasteiger charge is 2.35. The topological polar surface area (TPSA) is 96.0 Å². The zero-order chi connectivity index (χ0) is 30.2. The molecule has 0 aliphatic carbocycles. The molecule has 0 saturated heterocycles. The third kappa shape index (κ3) is 8.10. The Morgan fingerprint density at radius 3 is 2.20 bits per heavy atom. The fraction of sp³-hybridized carbons (Fsp3) is 0.375. The van der Waals surface area contributed by atoms with Gasteiger partial charge in [-0.2, -0.15) is 0 Å². The van der Waals surface area contributed by atoms with Gasteiger partial charge in [0.15, 0.2) is 0 Å². The maximum atomic E-state index is 14.2. The number of aryl methyl sites for hydroxylation is 1. The number of amides is 2. The van der Waals surface area contributed by atoms with Crippen molar-refractivity contribution in [3.8, 4) is 5.75 Å². The molecule has 220 valence electrons. The molecule has 9 heteroatoms. The zero-order valence-corrected chi connectivity index (χ0v) is 25.6. The minimum absolute atomic E-state index is 0.0792. The molecule has 0 aliphatic heterocycles. The summed E-state index contributed by atoms with van der Waals surface area (Å²) in [5, 5.41) is 2.98. The van der Waals surface area contributed by atoms with Crippen molar-refractivity contribution in [3.05, 3.63) is 90.0 Å². The number of nitrogens with zero attached hydrogens (tertiary/aromatic N) is 2. The maximum absolute atomic E-state index is 14.2. The van der Waals surface area contributed by atoms with Crippen molar-refractivity contribution in [2.75, 3.05) is 18.0 Å². The highest BCUT2D eigenvalue weighted by molar-refractivity contribution is 7.92. The summed E-state index contributed by atoms with van der Waals surface area (Å²) >= 11 is 0. The number of para-hydroxylation sites is 1. The summed E-state index contributed by atoms with van der Waals surface area (Å²) < 4.78 is 34.6. The molecule has 41 heavy (non-hydrogen) atoms. The van der Waals surface area contributed by atoms with Gasteiger partial charge in [-0.05, 0) is 75.1 Å². The normalized spacial score (nSPS) is 12.3. The number of anilines is 1. The van der Waals surface area contributed by atoms with Crippen LogP contribution in [0.2, 0.25) is 0 Å². The Hall–Kier alpha value is -3.85. The largest absolute Gasteiger partial charge is 0.497 e. The van der Waals surface area contributed by atoms with Crippen LogP contribution in [0, 0.1) is 0 Å². The molecule has 0 radical (unpaired) electrons. The van der Waals surface area contributed by atoms with E-state index >= 15 is 0 Å². The molecule has 0 aliphatic rings. The molecule has 1 atom stereocenters. The molecule has 0 aromatic heterocycles. The van der Waals surface area contributed by atoms with Gasteiger partial charge >= 0.3 is 0 Å². The summed E-state index contributed by atoms with van der Waals surface area (Å²) in [5.74, 6) is -0.177. The van der Waals surface area contributed by atoms with E-state index in [0.29, 0.717) is 24.3 Å². The molecule has 1 N–H and O–H groups in total. The van der Waals surface area contributed by atoms with Gasteiger partial charge in [0.25, 0.3) is 10.0 Å². The number of benzene rings is 3. The molecule has 2 amide bonds. The second-order valence-corrected chi connectivity index (χ2v) is 12.7. The summed E-state index contributed by atoms with van der Waals surface area (Å²) in [4.78, 5) is 29.3. The van der Waals surface area contributed by atoms with Crippen molar-refractivity contribution in [3.63, 3.8) is 0 Å². The van der Waals surface area contributed by atoms with Crippen LogP contribution in [0.25, 0.3) is 0 Å². The number of carbonyl (C=O) groups excluding carboxylic acids is 2. The lowest BCUT2D eigenvalue weighted by atomic mass is 10.1. The van der Waals surface area contributed by atoms with Crippen molar-refractivity contribution in [1.82, 2.24) is 10.2 Å². The van der Waals surface area contributed by atoms with Crippen molar-refractivity contribution in [2.24, 2.45) is 0 Å². The third-order valence-electron chi connectivity index (χ3n) is 6.62. The summed E-state index contributed by atoms with van der Waals surface area (Å²) in [5.41, 5.74) is 1.46.